The van der Waals surface area contributed by atoms with Crippen molar-refractivity contribution in [2.45, 2.75) is 6.54 Å². The number of anilines is 1. The van der Waals surface area contributed by atoms with Gasteiger partial charge in [0.25, 0.3) is 0 Å². The Hall–Kier alpha value is -2.07. The molecule has 0 radical (unpaired) electrons. The van der Waals surface area contributed by atoms with Crippen LogP contribution in [0.5, 0.6) is 0 Å². The zero-order valence-electron chi connectivity index (χ0n) is 11.6. The van der Waals surface area contributed by atoms with E-state index in [4.69, 9.17) is 11.6 Å². The minimum Gasteiger partial charge on any atom is -0.375 e. The van der Waals surface area contributed by atoms with Crippen molar-refractivity contribution in [3.63, 3.8) is 0 Å². The maximum absolute atomic E-state index is 12.8. The lowest BCUT2D eigenvalue weighted by Gasteiger charge is -2.18. The Labute approximate surface area is 128 Å². The van der Waals surface area contributed by atoms with Gasteiger partial charge in [0.1, 0.15) is 5.82 Å². The van der Waals surface area contributed by atoms with Crippen LogP contribution >= 0.6 is 11.6 Å². The molecule has 1 amide bonds. The molecule has 1 N–H and O–H groups in total. The van der Waals surface area contributed by atoms with E-state index in [-0.39, 0.29) is 18.3 Å². The fraction of sp³-hybridized carbons (Fsp3) is 0.188. The summed E-state index contributed by atoms with van der Waals surface area (Å²) in [5, 5.41) is 3.58. The van der Waals surface area contributed by atoms with Gasteiger partial charge in [0.05, 0.1) is 17.3 Å². The average Bonchev–Trinajstić information content (AvgIpc) is 2.48. The lowest BCUT2D eigenvalue weighted by molar-refractivity contribution is -0.128. The molecule has 0 saturated heterocycles. The number of likely N-dealkylation sites (N-methyl/N-ethyl adjacent to an activating group) is 1. The van der Waals surface area contributed by atoms with Gasteiger partial charge in [-0.25, -0.2) is 4.39 Å². The molecular formula is C16H16ClFN2O. The molecule has 2 aromatic carbocycles. The first-order valence-corrected chi connectivity index (χ1v) is 6.91. The van der Waals surface area contributed by atoms with Crippen LogP contribution in [0.4, 0.5) is 10.1 Å². The lowest BCUT2D eigenvalue weighted by atomic mass is 10.2. The second-order valence-corrected chi connectivity index (χ2v) is 5.12. The predicted molar refractivity (Wildman–Crippen MR) is 82.8 cm³/mol. The van der Waals surface area contributed by atoms with Gasteiger partial charge in [-0.2, -0.15) is 0 Å². The van der Waals surface area contributed by atoms with E-state index in [0.29, 0.717) is 11.6 Å². The zero-order valence-corrected chi connectivity index (χ0v) is 12.4. The first kappa shape index (κ1) is 15.3. The van der Waals surface area contributed by atoms with Gasteiger partial charge in [0.2, 0.25) is 5.91 Å². The van der Waals surface area contributed by atoms with Crippen LogP contribution in [0.1, 0.15) is 5.56 Å². The number of para-hydroxylation sites is 1. The number of benzene rings is 2. The van der Waals surface area contributed by atoms with Gasteiger partial charge in [0.15, 0.2) is 0 Å². The largest absolute Gasteiger partial charge is 0.375 e. The highest BCUT2D eigenvalue weighted by Crippen LogP contribution is 2.20. The quantitative estimate of drug-likeness (QED) is 0.916. The number of hydrogen-bond acceptors (Lipinski definition) is 2. The van der Waals surface area contributed by atoms with Crippen LogP contribution in [0.2, 0.25) is 5.02 Å². The number of hydrogen-bond donors (Lipinski definition) is 1. The number of amides is 1. The van der Waals surface area contributed by atoms with E-state index >= 15 is 0 Å². The number of nitrogens with zero attached hydrogens (tertiary/aromatic N) is 1. The van der Waals surface area contributed by atoms with E-state index in [9.17, 15) is 9.18 Å². The summed E-state index contributed by atoms with van der Waals surface area (Å²) in [5.41, 5.74) is 1.60. The Kier molecular flexibility index (Phi) is 5.17. The number of carbonyl (C=O) groups is 1. The van der Waals surface area contributed by atoms with Crippen LogP contribution < -0.4 is 5.32 Å². The summed E-state index contributed by atoms with van der Waals surface area (Å²) in [6.45, 7) is 0.588. The minimum absolute atomic E-state index is 0.0701. The molecule has 110 valence electrons. The Morgan fingerprint density at radius 2 is 1.86 bits per heavy atom. The Balaban J connectivity index is 1.88. The van der Waals surface area contributed by atoms with E-state index in [1.807, 2.05) is 18.2 Å². The topological polar surface area (TPSA) is 32.3 Å². The second-order valence-electron chi connectivity index (χ2n) is 4.71. The number of halogens is 2. The van der Waals surface area contributed by atoms with Gasteiger partial charge in [0, 0.05) is 13.6 Å². The van der Waals surface area contributed by atoms with Crippen molar-refractivity contribution >= 4 is 23.2 Å². The van der Waals surface area contributed by atoms with Crippen LogP contribution in [0.15, 0.2) is 48.5 Å². The SMILES string of the molecule is CN(Cc1ccc(F)cc1)C(=O)CNc1ccccc1Cl. The van der Waals surface area contributed by atoms with E-state index < -0.39 is 0 Å². The molecule has 0 aliphatic rings. The molecule has 0 bridgehead atoms. The summed E-state index contributed by atoms with van der Waals surface area (Å²) in [7, 11) is 1.71. The summed E-state index contributed by atoms with van der Waals surface area (Å²) in [6.07, 6.45) is 0. The molecule has 5 heteroatoms. The van der Waals surface area contributed by atoms with Crippen molar-refractivity contribution in [3.05, 3.63) is 64.9 Å². The molecule has 3 nitrogen and oxygen atoms in total. The summed E-state index contributed by atoms with van der Waals surface area (Å²) >= 11 is 6.01. The highest BCUT2D eigenvalue weighted by molar-refractivity contribution is 6.33. The standard InChI is InChI=1S/C16H16ClFN2O/c1-20(11-12-6-8-13(18)9-7-12)16(21)10-19-15-5-3-2-4-14(15)17/h2-9,19H,10-11H2,1H3. The summed E-state index contributed by atoms with van der Waals surface area (Å²) in [5.74, 6) is -0.354. The van der Waals surface area contributed by atoms with E-state index in [1.54, 1.807) is 30.1 Å². The molecule has 2 aromatic rings. The third-order valence-electron chi connectivity index (χ3n) is 3.06. The highest BCUT2D eigenvalue weighted by Gasteiger charge is 2.10. The number of nitrogens with one attached hydrogen (secondary N) is 1. The van der Waals surface area contributed by atoms with Crippen molar-refractivity contribution in [1.82, 2.24) is 4.90 Å². The van der Waals surface area contributed by atoms with Crippen molar-refractivity contribution in [3.8, 4) is 0 Å². The zero-order chi connectivity index (χ0) is 15.2. The smallest absolute Gasteiger partial charge is 0.241 e. The van der Waals surface area contributed by atoms with Gasteiger partial charge in [-0.3, -0.25) is 4.79 Å². The molecule has 0 heterocycles. The third-order valence-corrected chi connectivity index (χ3v) is 3.39. The van der Waals surface area contributed by atoms with Crippen LogP contribution in [0.3, 0.4) is 0 Å². The van der Waals surface area contributed by atoms with E-state index in [2.05, 4.69) is 5.32 Å². The maximum Gasteiger partial charge on any atom is 0.241 e. The van der Waals surface area contributed by atoms with E-state index in [1.165, 1.54) is 12.1 Å². The fourth-order valence-corrected chi connectivity index (χ4v) is 2.06. The molecular weight excluding hydrogens is 291 g/mol. The maximum atomic E-state index is 12.8. The Morgan fingerprint density at radius 3 is 2.52 bits per heavy atom. The molecule has 0 unspecified atom stereocenters. The monoisotopic (exact) mass is 306 g/mol. The van der Waals surface area contributed by atoms with E-state index in [0.717, 1.165) is 11.3 Å². The van der Waals surface area contributed by atoms with Gasteiger partial charge in [-0.1, -0.05) is 35.9 Å². The van der Waals surface area contributed by atoms with Crippen LogP contribution in [-0.4, -0.2) is 24.4 Å². The molecule has 0 atom stereocenters. The first-order chi connectivity index (χ1) is 10.1. The highest BCUT2D eigenvalue weighted by atomic mass is 35.5. The number of rotatable bonds is 5. The normalized spacial score (nSPS) is 10.2. The summed E-state index contributed by atoms with van der Waals surface area (Å²) in [4.78, 5) is 13.6. The van der Waals surface area contributed by atoms with Crippen molar-refractivity contribution in [1.29, 1.82) is 0 Å². The summed E-state index contributed by atoms with van der Waals surface area (Å²) < 4.78 is 12.8. The van der Waals surface area contributed by atoms with Crippen LogP contribution in [-0.2, 0) is 11.3 Å². The Bertz CT molecular complexity index is 616. The Morgan fingerprint density at radius 1 is 1.19 bits per heavy atom. The van der Waals surface area contributed by atoms with Gasteiger partial charge in [-0.05, 0) is 29.8 Å². The lowest BCUT2D eigenvalue weighted by Crippen LogP contribution is -2.31. The van der Waals surface area contributed by atoms with Crippen molar-refractivity contribution < 1.29 is 9.18 Å². The fourth-order valence-electron chi connectivity index (χ4n) is 1.86. The van der Waals surface area contributed by atoms with Gasteiger partial charge >= 0.3 is 0 Å². The molecule has 0 aromatic heterocycles. The van der Waals surface area contributed by atoms with Gasteiger partial charge in [-0.15, -0.1) is 0 Å². The molecule has 0 fully saturated rings. The van der Waals surface area contributed by atoms with Crippen molar-refractivity contribution in [2.75, 3.05) is 18.9 Å². The van der Waals surface area contributed by atoms with Gasteiger partial charge < -0.3 is 10.2 Å². The van der Waals surface area contributed by atoms with Crippen LogP contribution in [0.25, 0.3) is 0 Å². The number of carbonyl (C=O) groups excluding carboxylic acids is 1. The third kappa shape index (κ3) is 4.46. The predicted octanol–water partition coefficient (Wildman–Crippen LogP) is 3.55. The molecule has 21 heavy (non-hydrogen) atoms. The molecule has 0 aliphatic heterocycles. The van der Waals surface area contributed by atoms with Crippen molar-refractivity contribution in [2.24, 2.45) is 0 Å². The second kappa shape index (κ2) is 7.09. The molecule has 0 saturated carbocycles. The first-order valence-electron chi connectivity index (χ1n) is 6.53. The summed E-state index contributed by atoms with van der Waals surface area (Å²) in [6, 6.07) is 13.4. The molecule has 0 spiro atoms. The molecule has 2 rings (SSSR count). The molecule has 0 aliphatic carbocycles. The minimum atomic E-state index is -0.284. The average molecular weight is 307 g/mol. The van der Waals surface area contributed by atoms with Crippen LogP contribution in [0, 0.1) is 5.82 Å².